The molecule has 0 N–H and O–H groups in total. The van der Waals surface area contributed by atoms with Crippen molar-refractivity contribution in [2.24, 2.45) is 0 Å². The van der Waals surface area contributed by atoms with E-state index in [1.54, 1.807) is 7.05 Å². The molecule has 0 saturated carbocycles. The number of carbonyl (C=O) groups excluding carboxylic acids is 1. The molecule has 2 rings (SSSR count). The summed E-state index contributed by atoms with van der Waals surface area (Å²) in [5.74, 6) is -0.310. The summed E-state index contributed by atoms with van der Waals surface area (Å²) in [4.78, 5) is 13.7. The first-order valence-corrected chi connectivity index (χ1v) is 7.11. The molecule has 0 saturated heterocycles. The quantitative estimate of drug-likeness (QED) is 0.864. The van der Waals surface area contributed by atoms with Crippen LogP contribution in [0, 0.1) is 6.92 Å². The number of nitrogens with zero attached hydrogens (tertiary/aromatic N) is 3. The maximum atomic E-state index is 12.5. The lowest BCUT2D eigenvalue weighted by Crippen LogP contribution is -2.32. The Morgan fingerprint density at radius 3 is 2.39 bits per heavy atom. The van der Waals surface area contributed by atoms with Gasteiger partial charge in [-0.05, 0) is 25.5 Å². The summed E-state index contributed by atoms with van der Waals surface area (Å²) in [5.41, 5.74) is 1.08. The molecule has 1 aromatic heterocycles. The summed E-state index contributed by atoms with van der Waals surface area (Å²) in [6.45, 7) is 3.61. The van der Waals surface area contributed by atoms with Crippen LogP contribution in [0.2, 0.25) is 0 Å². The monoisotopic (exact) mass is 325 g/mol. The second kappa shape index (κ2) is 6.44. The van der Waals surface area contributed by atoms with E-state index in [9.17, 15) is 18.0 Å². The summed E-state index contributed by atoms with van der Waals surface area (Å²) >= 11 is 0. The van der Waals surface area contributed by atoms with Gasteiger partial charge in [-0.15, -0.1) is 0 Å². The Labute approximate surface area is 132 Å². The molecule has 1 amide bonds. The van der Waals surface area contributed by atoms with Crippen molar-refractivity contribution in [2.75, 3.05) is 7.05 Å². The van der Waals surface area contributed by atoms with Gasteiger partial charge in [-0.3, -0.25) is 9.48 Å². The minimum absolute atomic E-state index is 0.180. The third-order valence-corrected chi connectivity index (χ3v) is 3.76. The number of halogens is 3. The molecular formula is C16H18F3N3O. The maximum absolute atomic E-state index is 12.5. The van der Waals surface area contributed by atoms with Crippen molar-refractivity contribution < 1.29 is 18.0 Å². The zero-order chi connectivity index (χ0) is 17.2. The van der Waals surface area contributed by atoms with Crippen LogP contribution in [0.5, 0.6) is 0 Å². The van der Waals surface area contributed by atoms with E-state index in [-0.39, 0.29) is 18.5 Å². The van der Waals surface area contributed by atoms with Gasteiger partial charge >= 0.3 is 6.18 Å². The third kappa shape index (κ3) is 4.12. The molecule has 4 nitrogen and oxygen atoms in total. The highest BCUT2D eigenvalue weighted by Gasteiger charge is 2.33. The lowest BCUT2D eigenvalue weighted by molar-refractivity contribution is -0.142. The average Bonchev–Trinajstić information content (AvgIpc) is 2.95. The standard InChI is InChI=1S/C16H18F3N3O/c1-11-4-6-13(7-5-11)12(2)21(3)15(23)10-22-9-8-14(20-22)16(17,18)19/h4-9,12H,10H2,1-3H3. The van der Waals surface area contributed by atoms with Crippen LogP contribution in [0.25, 0.3) is 0 Å². The van der Waals surface area contributed by atoms with Crippen molar-refractivity contribution in [3.8, 4) is 0 Å². The van der Waals surface area contributed by atoms with E-state index in [1.807, 2.05) is 38.1 Å². The van der Waals surface area contributed by atoms with Crippen LogP contribution in [0.1, 0.15) is 29.8 Å². The lowest BCUT2D eigenvalue weighted by atomic mass is 10.1. The number of hydrogen-bond acceptors (Lipinski definition) is 2. The number of amides is 1. The molecule has 0 spiro atoms. The van der Waals surface area contributed by atoms with Gasteiger partial charge in [0.15, 0.2) is 5.69 Å². The van der Waals surface area contributed by atoms with Crippen molar-refractivity contribution in [3.63, 3.8) is 0 Å². The van der Waals surface area contributed by atoms with Crippen LogP contribution >= 0.6 is 0 Å². The smallest absolute Gasteiger partial charge is 0.337 e. The highest BCUT2D eigenvalue weighted by molar-refractivity contribution is 5.76. The molecular weight excluding hydrogens is 307 g/mol. The molecule has 0 aliphatic heterocycles. The number of carbonyl (C=O) groups is 1. The number of rotatable bonds is 4. The molecule has 23 heavy (non-hydrogen) atoms. The van der Waals surface area contributed by atoms with E-state index in [0.717, 1.165) is 28.1 Å². The van der Waals surface area contributed by atoms with Gasteiger partial charge in [0.25, 0.3) is 0 Å². The number of alkyl halides is 3. The fraction of sp³-hybridized carbons (Fsp3) is 0.375. The molecule has 2 aromatic rings. The summed E-state index contributed by atoms with van der Waals surface area (Å²) in [6.07, 6.45) is -3.35. The van der Waals surface area contributed by atoms with Crippen molar-refractivity contribution >= 4 is 5.91 Å². The van der Waals surface area contributed by atoms with E-state index in [1.165, 1.54) is 4.90 Å². The molecule has 124 valence electrons. The normalized spacial score (nSPS) is 13.0. The third-order valence-electron chi connectivity index (χ3n) is 3.76. The molecule has 1 aromatic carbocycles. The summed E-state index contributed by atoms with van der Waals surface area (Å²) in [5, 5.41) is 3.39. The van der Waals surface area contributed by atoms with Gasteiger partial charge < -0.3 is 4.90 Å². The summed E-state index contributed by atoms with van der Waals surface area (Å²) in [6, 6.07) is 8.44. The molecule has 0 bridgehead atoms. The van der Waals surface area contributed by atoms with E-state index in [2.05, 4.69) is 5.10 Å². The Balaban J connectivity index is 2.05. The van der Waals surface area contributed by atoms with Crippen molar-refractivity contribution in [1.29, 1.82) is 0 Å². The van der Waals surface area contributed by atoms with Gasteiger partial charge in [0.1, 0.15) is 6.54 Å². The zero-order valence-electron chi connectivity index (χ0n) is 13.1. The number of likely N-dealkylation sites (N-methyl/N-ethyl adjacent to an activating group) is 1. The Hall–Kier alpha value is -2.31. The maximum Gasteiger partial charge on any atom is 0.435 e. The van der Waals surface area contributed by atoms with Crippen LogP contribution in [0.3, 0.4) is 0 Å². The van der Waals surface area contributed by atoms with Crippen molar-refractivity contribution in [1.82, 2.24) is 14.7 Å². The van der Waals surface area contributed by atoms with Crippen molar-refractivity contribution in [3.05, 3.63) is 53.3 Å². The van der Waals surface area contributed by atoms with E-state index in [0.29, 0.717) is 0 Å². The fourth-order valence-electron chi connectivity index (χ4n) is 2.14. The number of aromatic nitrogens is 2. The first-order valence-electron chi connectivity index (χ1n) is 7.11. The van der Waals surface area contributed by atoms with E-state index >= 15 is 0 Å². The predicted molar refractivity (Wildman–Crippen MR) is 79.6 cm³/mol. The van der Waals surface area contributed by atoms with Crippen LogP contribution in [0.15, 0.2) is 36.5 Å². The largest absolute Gasteiger partial charge is 0.435 e. The lowest BCUT2D eigenvalue weighted by Gasteiger charge is -2.25. The number of hydrogen-bond donors (Lipinski definition) is 0. The fourth-order valence-corrected chi connectivity index (χ4v) is 2.14. The Bertz CT molecular complexity index is 677. The highest BCUT2D eigenvalue weighted by Crippen LogP contribution is 2.27. The van der Waals surface area contributed by atoms with Gasteiger partial charge in [0, 0.05) is 13.2 Å². The minimum Gasteiger partial charge on any atom is -0.337 e. The first kappa shape index (κ1) is 17.1. The summed E-state index contributed by atoms with van der Waals surface area (Å²) in [7, 11) is 1.63. The Morgan fingerprint density at radius 1 is 1.26 bits per heavy atom. The first-order chi connectivity index (χ1) is 10.7. The van der Waals surface area contributed by atoms with Crippen LogP contribution < -0.4 is 0 Å². The molecule has 0 fully saturated rings. The minimum atomic E-state index is -4.50. The molecule has 0 aliphatic carbocycles. The second-order valence-corrected chi connectivity index (χ2v) is 5.49. The van der Waals surface area contributed by atoms with Crippen LogP contribution in [-0.4, -0.2) is 27.6 Å². The van der Waals surface area contributed by atoms with Crippen molar-refractivity contribution in [2.45, 2.75) is 32.6 Å². The SMILES string of the molecule is Cc1ccc(C(C)N(C)C(=O)Cn2ccc(C(F)(F)F)n2)cc1. The highest BCUT2D eigenvalue weighted by atomic mass is 19.4. The Kier molecular flexibility index (Phi) is 4.77. The topological polar surface area (TPSA) is 38.1 Å². The van der Waals surface area contributed by atoms with Gasteiger partial charge in [-0.25, -0.2) is 0 Å². The molecule has 1 heterocycles. The van der Waals surface area contributed by atoms with Gasteiger partial charge in [0.05, 0.1) is 6.04 Å². The van der Waals surface area contributed by atoms with Gasteiger partial charge in [-0.1, -0.05) is 29.8 Å². The van der Waals surface area contributed by atoms with Gasteiger partial charge in [0.2, 0.25) is 5.91 Å². The number of benzene rings is 1. The molecule has 0 radical (unpaired) electrons. The van der Waals surface area contributed by atoms with Crippen LogP contribution in [-0.2, 0) is 17.5 Å². The molecule has 1 atom stereocenters. The van der Waals surface area contributed by atoms with Crippen LogP contribution in [0.4, 0.5) is 13.2 Å². The zero-order valence-corrected chi connectivity index (χ0v) is 13.1. The summed E-state index contributed by atoms with van der Waals surface area (Å²) < 4.78 is 38.5. The van der Waals surface area contributed by atoms with Gasteiger partial charge in [-0.2, -0.15) is 18.3 Å². The molecule has 7 heteroatoms. The van der Waals surface area contributed by atoms with E-state index < -0.39 is 11.9 Å². The number of aryl methyl sites for hydroxylation is 1. The average molecular weight is 325 g/mol. The molecule has 1 unspecified atom stereocenters. The van der Waals surface area contributed by atoms with E-state index in [4.69, 9.17) is 0 Å². The predicted octanol–water partition coefficient (Wildman–Crippen LogP) is 3.43. The Morgan fingerprint density at radius 2 is 1.87 bits per heavy atom. The second-order valence-electron chi connectivity index (χ2n) is 5.49. The molecule has 0 aliphatic rings.